The molecule has 6 heteroatoms. The van der Waals surface area contributed by atoms with Crippen LogP contribution in [0, 0.1) is 11.3 Å². The first-order valence-electron chi connectivity index (χ1n) is 7.65. The maximum atomic E-state index is 12.5. The van der Waals surface area contributed by atoms with Gasteiger partial charge in [-0.15, -0.1) is 0 Å². The summed E-state index contributed by atoms with van der Waals surface area (Å²) >= 11 is 5.93. The zero-order valence-electron chi connectivity index (χ0n) is 13.9. The maximum Gasteiger partial charge on any atom is 0.251 e. The van der Waals surface area contributed by atoms with Gasteiger partial charge >= 0.3 is 0 Å². The Kier molecular flexibility index (Phi) is 5.32. The summed E-state index contributed by atoms with van der Waals surface area (Å²) in [4.78, 5) is 29.8. The molecule has 1 aliphatic rings. The standard InChI is InChI=1S/C17H23ClN2O3/c1-11-9-17(2,16(22)20(3)23-4)10-14(11)19-15(21)12-6-5-7-13(18)8-12/h5-8,11,14H,9-10H2,1-4H3,(H,19,21). The van der Waals surface area contributed by atoms with E-state index in [0.29, 0.717) is 23.4 Å². The number of carbonyl (C=O) groups is 2. The number of nitrogens with one attached hydrogen (secondary N) is 1. The summed E-state index contributed by atoms with van der Waals surface area (Å²) in [6.45, 7) is 3.97. The van der Waals surface area contributed by atoms with Gasteiger partial charge in [-0.25, -0.2) is 5.06 Å². The third-order valence-electron chi connectivity index (χ3n) is 4.61. The van der Waals surface area contributed by atoms with Gasteiger partial charge in [-0.05, 0) is 37.0 Å². The Balaban J connectivity index is 2.07. The molecule has 0 aliphatic heterocycles. The van der Waals surface area contributed by atoms with Gasteiger partial charge in [-0.3, -0.25) is 14.4 Å². The van der Waals surface area contributed by atoms with Gasteiger partial charge in [0.2, 0.25) is 0 Å². The van der Waals surface area contributed by atoms with Crippen LogP contribution in [-0.4, -0.2) is 37.1 Å². The Hall–Kier alpha value is -1.59. The molecule has 1 aliphatic carbocycles. The summed E-state index contributed by atoms with van der Waals surface area (Å²) in [6.07, 6.45) is 1.30. The number of rotatable bonds is 4. The number of hydrogen-bond acceptors (Lipinski definition) is 3. The third kappa shape index (κ3) is 3.85. The topological polar surface area (TPSA) is 58.6 Å². The van der Waals surface area contributed by atoms with Crippen molar-refractivity contribution in [3.05, 3.63) is 34.9 Å². The first-order valence-corrected chi connectivity index (χ1v) is 8.03. The first-order chi connectivity index (χ1) is 10.8. The Morgan fingerprint density at radius 2 is 2.09 bits per heavy atom. The molecule has 1 N–H and O–H groups in total. The summed E-state index contributed by atoms with van der Waals surface area (Å²) in [5.74, 6) is -0.0233. The Morgan fingerprint density at radius 1 is 1.39 bits per heavy atom. The highest BCUT2D eigenvalue weighted by atomic mass is 35.5. The monoisotopic (exact) mass is 338 g/mol. The Labute approximate surface area is 141 Å². The van der Waals surface area contributed by atoms with E-state index >= 15 is 0 Å². The summed E-state index contributed by atoms with van der Waals surface area (Å²) in [5, 5.41) is 4.81. The fourth-order valence-corrected chi connectivity index (χ4v) is 3.53. The number of amides is 2. The molecular weight excluding hydrogens is 316 g/mol. The molecule has 1 saturated carbocycles. The Bertz CT molecular complexity index is 607. The molecule has 23 heavy (non-hydrogen) atoms. The molecule has 0 aromatic heterocycles. The summed E-state index contributed by atoms with van der Waals surface area (Å²) in [7, 11) is 3.08. The molecule has 3 atom stereocenters. The predicted molar refractivity (Wildman–Crippen MR) is 89.0 cm³/mol. The van der Waals surface area contributed by atoms with E-state index in [1.807, 2.05) is 13.8 Å². The minimum atomic E-state index is -0.531. The molecule has 0 heterocycles. The van der Waals surface area contributed by atoms with Crippen LogP contribution in [0.4, 0.5) is 0 Å². The minimum absolute atomic E-state index is 0.0549. The highest BCUT2D eigenvalue weighted by Crippen LogP contribution is 2.42. The largest absolute Gasteiger partial charge is 0.349 e. The quantitative estimate of drug-likeness (QED) is 0.859. The third-order valence-corrected chi connectivity index (χ3v) is 4.84. The average molecular weight is 339 g/mol. The number of halogens is 1. The van der Waals surface area contributed by atoms with Crippen molar-refractivity contribution in [3.63, 3.8) is 0 Å². The van der Waals surface area contributed by atoms with Crippen molar-refractivity contribution in [2.24, 2.45) is 11.3 Å². The van der Waals surface area contributed by atoms with E-state index in [1.165, 1.54) is 12.2 Å². The summed E-state index contributed by atoms with van der Waals surface area (Å²) < 4.78 is 0. The molecule has 2 amide bonds. The van der Waals surface area contributed by atoms with Crippen LogP contribution in [0.5, 0.6) is 0 Å². The number of nitrogens with zero attached hydrogens (tertiary/aromatic N) is 1. The van der Waals surface area contributed by atoms with Crippen LogP contribution >= 0.6 is 11.6 Å². The zero-order valence-corrected chi connectivity index (χ0v) is 14.7. The van der Waals surface area contributed by atoms with Gasteiger partial charge in [0.25, 0.3) is 11.8 Å². The van der Waals surface area contributed by atoms with E-state index in [1.54, 1.807) is 31.3 Å². The lowest BCUT2D eigenvalue weighted by molar-refractivity contribution is -0.179. The molecule has 3 unspecified atom stereocenters. The fraction of sp³-hybridized carbons (Fsp3) is 0.529. The van der Waals surface area contributed by atoms with Gasteiger partial charge in [0.05, 0.1) is 12.5 Å². The van der Waals surface area contributed by atoms with Crippen LogP contribution in [-0.2, 0) is 9.63 Å². The van der Waals surface area contributed by atoms with Crippen LogP contribution in [0.3, 0.4) is 0 Å². The second kappa shape index (κ2) is 6.89. The molecule has 2 rings (SSSR count). The van der Waals surface area contributed by atoms with E-state index in [2.05, 4.69) is 5.32 Å². The number of benzene rings is 1. The van der Waals surface area contributed by atoms with E-state index < -0.39 is 5.41 Å². The first kappa shape index (κ1) is 17.8. The molecule has 0 spiro atoms. The van der Waals surface area contributed by atoms with E-state index in [-0.39, 0.29) is 23.8 Å². The van der Waals surface area contributed by atoms with Crippen LogP contribution in [0.25, 0.3) is 0 Å². The number of hydrogen-bond donors (Lipinski definition) is 1. The molecule has 5 nitrogen and oxygen atoms in total. The Morgan fingerprint density at radius 3 is 2.70 bits per heavy atom. The SMILES string of the molecule is CON(C)C(=O)C1(C)CC(C)C(NC(=O)c2cccc(Cl)c2)C1. The fourth-order valence-electron chi connectivity index (χ4n) is 3.34. The lowest BCUT2D eigenvalue weighted by atomic mass is 9.86. The van der Waals surface area contributed by atoms with Crippen molar-refractivity contribution in [2.45, 2.75) is 32.7 Å². The number of hydroxylamine groups is 2. The van der Waals surface area contributed by atoms with Crippen molar-refractivity contribution in [3.8, 4) is 0 Å². The van der Waals surface area contributed by atoms with Crippen molar-refractivity contribution >= 4 is 23.4 Å². The summed E-state index contributed by atoms with van der Waals surface area (Å²) in [5.41, 5.74) is -0.00478. The molecular formula is C17H23ClN2O3. The zero-order chi connectivity index (χ0) is 17.2. The lowest BCUT2D eigenvalue weighted by Gasteiger charge is -2.27. The highest BCUT2D eigenvalue weighted by molar-refractivity contribution is 6.30. The lowest BCUT2D eigenvalue weighted by Crippen LogP contribution is -2.40. The van der Waals surface area contributed by atoms with Gasteiger partial charge in [0, 0.05) is 23.7 Å². The van der Waals surface area contributed by atoms with Crippen LogP contribution < -0.4 is 5.32 Å². The van der Waals surface area contributed by atoms with Crippen molar-refractivity contribution < 1.29 is 14.4 Å². The highest BCUT2D eigenvalue weighted by Gasteiger charge is 2.47. The second-order valence-corrected chi connectivity index (χ2v) is 6.96. The van der Waals surface area contributed by atoms with Crippen molar-refractivity contribution in [2.75, 3.05) is 14.2 Å². The van der Waals surface area contributed by atoms with Gasteiger partial charge in [0.1, 0.15) is 0 Å². The van der Waals surface area contributed by atoms with Gasteiger partial charge in [-0.2, -0.15) is 0 Å². The van der Waals surface area contributed by atoms with E-state index in [9.17, 15) is 9.59 Å². The van der Waals surface area contributed by atoms with Crippen molar-refractivity contribution in [1.29, 1.82) is 0 Å². The van der Waals surface area contributed by atoms with Crippen LogP contribution in [0.15, 0.2) is 24.3 Å². The molecule has 1 fully saturated rings. The average Bonchev–Trinajstić information content (AvgIpc) is 2.81. The minimum Gasteiger partial charge on any atom is -0.349 e. The molecule has 0 bridgehead atoms. The van der Waals surface area contributed by atoms with E-state index in [4.69, 9.17) is 16.4 Å². The molecule has 0 radical (unpaired) electrons. The normalized spacial score (nSPS) is 26.8. The van der Waals surface area contributed by atoms with E-state index in [0.717, 1.165) is 0 Å². The van der Waals surface area contributed by atoms with Gasteiger partial charge in [-0.1, -0.05) is 31.5 Å². The van der Waals surface area contributed by atoms with Crippen LogP contribution in [0.1, 0.15) is 37.0 Å². The number of carbonyl (C=O) groups excluding carboxylic acids is 2. The van der Waals surface area contributed by atoms with Gasteiger partial charge in [0.15, 0.2) is 0 Å². The predicted octanol–water partition coefficient (Wildman–Crippen LogP) is 2.89. The smallest absolute Gasteiger partial charge is 0.251 e. The molecule has 1 aromatic rings. The van der Waals surface area contributed by atoms with Crippen molar-refractivity contribution in [1.82, 2.24) is 10.4 Å². The molecule has 1 aromatic carbocycles. The van der Waals surface area contributed by atoms with Crippen LogP contribution in [0.2, 0.25) is 5.02 Å². The maximum absolute atomic E-state index is 12.5. The molecule has 0 saturated heterocycles. The summed E-state index contributed by atoms with van der Waals surface area (Å²) in [6, 6.07) is 6.79. The second-order valence-electron chi connectivity index (χ2n) is 6.52. The molecule has 126 valence electrons. The van der Waals surface area contributed by atoms with Gasteiger partial charge < -0.3 is 5.32 Å².